The molecule has 0 aromatic rings. The Bertz CT molecular complexity index is 256. The minimum Gasteiger partial charge on any atom is -0.395 e. The van der Waals surface area contributed by atoms with Gasteiger partial charge in [-0.05, 0) is 26.7 Å². The maximum Gasteiger partial charge on any atom is 0.216 e. The predicted molar refractivity (Wildman–Crippen MR) is 46.2 cm³/mol. The van der Waals surface area contributed by atoms with E-state index in [1.807, 2.05) is 6.92 Å². The summed E-state index contributed by atoms with van der Waals surface area (Å²) in [4.78, 5) is 0. The predicted octanol–water partition coefficient (Wildman–Crippen LogP) is -0.161. The van der Waals surface area contributed by atoms with Crippen molar-refractivity contribution in [3.05, 3.63) is 0 Å². The first kappa shape index (κ1) is 9.95. The fourth-order valence-electron chi connectivity index (χ4n) is 0.832. The van der Waals surface area contributed by atoms with Gasteiger partial charge in [-0.1, -0.05) is 0 Å². The van der Waals surface area contributed by atoms with Crippen LogP contribution in [-0.2, 0) is 10.0 Å². The summed E-state index contributed by atoms with van der Waals surface area (Å²) < 4.78 is 25.3. The molecule has 1 aliphatic rings. The molecule has 5 heteroatoms. The molecule has 0 saturated heterocycles. The fraction of sp³-hybridized carbons (Fsp3) is 1.00. The van der Waals surface area contributed by atoms with Gasteiger partial charge in [0.2, 0.25) is 10.0 Å². The van der Waals surface area contributed by atoms with Crippen molar-refractivity contribution in [3.63, 3.8) is 0 Å². The summed E-state index contributed by atoms with van der Waals surface area (Å²) in [7, 11) is -3.31. The van der Waals surface area contributed by atoms with Crippen LogP contribution in [0.5, 0.6) is 0 Å². The molecule has 4 nitrogen and oxygen atoms in total. The van der Waals surface area contributed by atoms with E-state index in [0.717, 1.165) is 12.8 Å². The zero-order valence-electron chi connectivity index (χ0n) is 7.37. The van der Waals surface area contributed by atoms with Crippen LogP contribution in [0.15, 0.2) is 0 Å². The monoisotopic (exact) mass is 193 g/mol. The largest absolute Gasteiger partial charge is 0.395 e. The average molecular weight is 193 g/mol. The van der Waals surface area contributed by atoms with E-state index in [1.165, 1.54) is 6.92 Å². The van der Waals surface area contributed by atoms with Gasteiger partial charge in [0.1, 0.15) is 0 Å². The van der Waals surface area contributed by atoms with Gasteiger partial charge in [-0.25, -0.2) is 13.1 Å². The van der Waals surface area contributed by atoms with E-state index in [0.29, 0.717) is 0 Å². The van der Waals surface area contributed by atoms with Gasteiger partial charge in [0.05, 0.1) is 11.9 Å². The van der Waals surface area contributed by atoms with Gasteiger partial charge < -0.3 is 5.11 Å². The maximum atomic E-state index is 11.3. The molecule has 0 heterocycles. The molecule has 1 aliphatic carbocycles. The molecule has 72 valence electrons. The lowest BCUT2D eigenvalue weighted by Crippen LogP contribution is -2.41. The molecule has 0 aromatic carbocycles. The number of sulfonamides is 1. The molecular formula is C7H15NO3S. The van der Waals surface area contributed by atoms with Gasteiger partial charge in [0.25, 0.3) is 0 Å². The minimum absolute atomic E-state index is 0.234. The number of aliphatic hydroxyl groups excluding tert-OH is 1. The summed E-state index contributed by atoms with van der Waals surface area (Å²) in [5.74, 6) is 0. The third kappa shape index (κ3) is 2.18. The summed E-state index contributed by atoms with van der Waals surface area (Å²) in [5, 5.41) is 7.96. The van der Waals surface area contributed by atoms with Crippen LogP contribution in [0.1, 0.15) is 26.7 Å². The van der Waals surface area contributed by atoms with Gasteiger partial charge in [-0.3, -0.25) is 0 Å². The van der Waals surface area contributed by atoms with Gasteiger partial charge in [0, 0.05) is 5.54 Å². The molecule has 0 radical (unpaired) electrons. The summed E-state index contributed by atoms with van der Waals surface area (Å²) in [5.41, 5.74) is -0.234. The lowest BCUT2D eigenvalue weighted by atomic mass is 10.4. The fourth-order valence-corrected chi connectivity index (χ4v) is 2.12. The second kappa shape index (κ2) is 2.97. The average Bonchev–Trinajstić information content (AvgIpc) is 2.64. The van der Waals surface area contributed by atoms with Crippen molar-refractivity contribution in [3.8, 4) is 0 Å². The zero-order chi connectivity index (χ0) is 9.41. The molecule has 1 unspecified atom stereocenters. The Kier molecular flexibility index (Phi) is 2.47. The number of nitrogens with one attached hydrogen (secondary N) is 1. The molecule has 2 N–H and O–H groups in total. The van der Waals surface area contributed by atoms with E-state index < -0.39 is 15.3 Å². The van der Waals surface area contributed by atoms with Crippen LogP contribution < -0.4 is 4.72 Å². The Morgan fingerprint density at radius 1 is 1.58 bits per heavy atom. The van der Waals surface area contributed by atoms with Gasteiger partial charge in [-0.15, -0.1) is 0 Å². The van der Waals surface area contributed by atoms with Gasteiger partial charge in [0.15, 0.2) is 0 Å². The minimum atomic E-state index is -3.31. The normalized spacial score (nSPS) is 23.6. The summed E-state index contributed by atoms with van der Waals surface area (Å²) >= 11 is 0. The van der Waals surface area contributed by atoms with Crippen LogP contribution in [0.25, 0.3) is 0 Å². The van der Waals surface area contributed by atoms with Crippen molar-refractivity contribution in [2.75, 3.05) is 6.61 Å². The molecular weight excluding hydrogens is 178 g/mol. The Labute approximate surface area is 73.0 Å². The first-order chi connectivity index (χ1) is 5.40. The number of hydrogen-bond donors (Lipinski definition) is 2. The van der Waals surface area contributed by atoms with E-state index >= 15 is 0 Å². The van der Waals surface area contributed by atoms with Crippen LogP contribution in [0, 0.1) is 0 Å². The molecule has 0 aromatic heterocycles. The van der Waals surface area contributed by atoms with Crippen LogP contribution in [-0.4, -0.2) is 30.9 Å². The summed E-state index contributed by atoms with van der Waals surface area (Å²) in [6, 6.07) is 0. The molecule has 0 bridgehead atoms. The highest BCUT2D eigenvalue weighted by Crippen LogP contribution is 2.35. The van der Waals surface area contributed by atoms with Crippen LogP contribution in [0.2, 0.25) is 0 Å². The van der Waals surface area contributed by atoms with E-state index in [4.69, 9.17) is 5.11 Å². The quantitative estimate of drug-likeness (QED) is 0.652. The SMILES string of the molecule is CC(CO)S(=O)(=O)NC1(C)CC1. The summed E-state index contributed by atoms with van der Waals surface area (Å²) in [6.07, 6.45) is 1.79. The number of aliphatic hydroxyl groups is 1. The molecule has 1 rings (SSSR count). The van der Waals surface area contributed by atoms with Crippen molar-refractivity contribution in [2.45, 2.75) is 37.5 Å². The smallest absolute Gasteiger partial charge is 0.216 e. The van der Waals surface area contributed by atoms with Crippen LogP contribution in [0.4, 0.5) is 0 Å². The second-order valence-electron chi connectivity index (χ2n) is 3.70. The molecule has 12 heavy (non-hydrogen) atoms. The van der Waals surface area contributed by atoms with E-state index in [1.54, 1.807) is 0 Å². The Morgan fingerprint density at radius 2 is 2.08 bits per heavy atom. The van der Waals surface area contributed by atoms with E-state index in [2.05, 4.69) is 4.72 Å². The lowest BCUT2D eigenvalue weighted by Gasteiger charge is -2.15. The van der Waals surface area contributed by atoms with E-state index in [9.17, 15) is 8.42 Å². The van der Waals surface area contributed by atoms with E-state index in [-0.39, 0.29) is 12.1 Å². The van der Waals surface area contributed by atoms with Crippen molar-refractivity contribution < 1.29 is 13.5 Å². The highest BCUT2D eigenvalue weighted by Gasteiger charge is 2.41. The molecule has 1 atom stereocenters. The second-order valence-corrected chi connectivity index (χ2v) is 5.80. The van der Waals surface area contributed by atoms with Crippen LogP contribution >= 0.6 is 0 Å². The Morgan fingerprint density at radius 3 is 2.42 bits per heavy atom. The Balaban J connectivity index is 2.60. The Hall–Kier alpha value is -0.130. The lowest BCUT2D eigenvalue weighted by molar-refractivity contribution is 0.294. The third-order valence-electron chi connectivity index (χ3n) is 2.18. The molecule has 0 amide bonds. The highest BCUT2D eigenvalue weighted by atomic mass is 32.2. The molecule has 0 aliphatic heterocycles. The van der Waals surface area contributed by atoms with Crippen molar-refractivity contribution >= 4 is 10.0 Å². The molecule has 0 spiro atoms. The van der Waals surface area contributed by atoms with Crippen molar-refractivity contribution in [1.82, 2.24) is 4.72 Å². The van der Waals surface area contributed by atoms with Crippen LogP contribution in [0.3, 0.4) is 0 Å². The third-order valence-corrected chi connectivity index (χ3v) is 4.16. The topological polar surface area (TPSA) is 66.4 Å². The standard InChI is InChI=1S/C7H15NO3S/c1-6(5-9)12(10,11)8-7(2)3-4-7/h6,8-9H,3-5H2,1-2H3. The number of hydrogen-bond acceptors (Lipinski definition) is 3. The first-order valence-electron chi connectivity index (χ1n) is 4.03. The number of rotatable bonds is 4. The molecule has 1 fully saturated rings. The van der Waals surface area contributed by atoms with Gasteiger partial charge in [-0.2, -0.15) is 0 Å². The zero-order valence-corrected chi connectivity index (χ0v) is 8.19. The van der Waals surface area contributed by atoms with Crippen molar-refractivity contribution in [2.24, 2.45) is 0 Å². The highest BCUT2D eigenvalue weighted by molar-refractivity contribution is 7.90. The summed E-state index contributed by atoms with van der Waals surface area (Å²) in [6.45, 7) is 3.04. The van der Waals surface area contributed by atoms with Crippen molar-refractivity contribution in [1.29, 1.82) is 0 Å². The molecule has 1 saturated carbocycles. The maximum absolute atomic E-state index is 11.3. The first-order valence-corrected chi connectivity index (χ1v) is 5.58. The van der Waals surface area contributed by atoms with Gasteiger partial charge >= 0.3 is 0 Å².